The Morgan fingerprint density at radius 1 is 1.53 bits per heavy atom. The van der Waals surface area contributed by atoms with Crippen LogP contribution in [0.4, 0.5) is 14.6 Å². The van der Waals surface area contributed by atoms with Crippen LogP contribution in [-0.2, 0) is 9.05 Å². The number of rotatable bonds is 2. The molecule has 84 valence electrons. The number of pyridine rings is 1. The Bertz CT molecular complexity index is 494. The predicted molar refractivity (Wildman–Crippen MR) is 59.4 cm³/mol. The molecule has 0 aliphatic rings. The first-order valence-electron chi connectivity index (χ1n) is 3.42. The second-order valence-electron chi connectivity index (χ2n) is 2.48. The number of nitrogen functional groups attached to an aromatic ring is 1. The summed E-state index contributed by atoms with van der Waals surface area (Å²) in [6.07, 6.45) is -3.05. The number of nitrogens with two attached hydrogens (primary N) is 1. The SMILES string of the molecule is Nc1cc(I)c(S(=O)(=O)Cl)c(C(F)F)n1. The molecule has 1 rings (SSSR count). The monoisotopic (exact) mass is 368 g/mol. The van der Waals surface area contributed by atoms with Gasteiger partial charge in [0.1, 0.15) is 16.4 Å². The van der Waals surface area contributed by atoms with Gasteiger partial charge in [-0.3, -0.25) is 0 Å². The van der Waals surface area contributed by atoms with Crippen molar-refractivity contribution in [2.75, 3.05) is 5.73 Å². The molecule has 1 aromatic rings. The fraction of sp³-hybridized carbons (Fsp3) is 0.167. The van der Waals surface area contributed by atoms with Gasteiger partial charge in [0.05, 0.1) is 0 Å². The smallest absolute Gasteiger partial charge is 0.281 e. The fourth-order valence-electron chi connectivity index (χ4n) is 0.929. The highest BCUT2D eigenvalue weighted by Crippen LogP contribution is 2.31. The second kappa shape index (κ2) is 4.34. The third-order valence-corrected chi connectivity index (χ3v) is 4.02. The number of hydrogen-bond donors (Lipinski definition) is 1. The Hall–Kier alpha value is -0.220. The van der Waals surface area contributed by atoms with Crippen molar-refractivity contribution >= 4 is 48.1 Å². The zero-order valence-electron chi connectivity index (χ0n) is 6.92. The molecule has 0 saturated carbocycles. The molecule has 0 aliphatic heterocycles. The average molecular weight is 369 g/mol. The van der Waals surface area contributed by atoms with E-state index in [-0.39, 0.29) is 9.39 Å². The van der Waals surface area contributed by atoms with Crippen molar-refractivity contribution in [1.29, 1.82) is 0 Å². The molecule has 0 aliphatic carbocycles. The lowest BCUT2D eigenvalue weighted by atomic mass is 10.3. The Kier molecular flexibility index (Phi) is 3.71. The van der Waals surface area contributed by atoms with E-state index in [0.717, 1.165) is 6.07 Å². The first kappa shape index (κ1) is 12.8. The molecule has 1 heterocycles. The average Bonchev–Trinajstić information content (AvgIpc) is 1.99. The van der Waals surface area contributed by atoms with Crippen molar-refractivity contribution in [3.63, 3.8) is 0 Å². The molecule has 0 radical (unpaired) electrons. The van der Waals surface area contributed by atoms with Gasteiger partial charge in [0.2, 0.25) is 0 Å². The van der Waals surface area contributed by atoms with Crippen LogP contribution < -0.4 is 5.73 Å². The van der Waals surface area contributed by atoms with Crippen molar-refractivity contribution in [3.8, 4) is 0 Å². The van der Waals surface area contributed by atoms with Gasteiger partial charge in [-0.2, -0.15) is 0 Å². The number of anilines is 1. The highest BCUT2D eigenvalue weighted by atomic mass is 127. The quantitative estimate of drug-likeness (QED) is 0.641. The summed E-state index contributed by atoms with van der Waals surface area (Å²) >= 11 is 1.55. The molecular weight excluding hydrogens is 364 g/mol. The Balaban J connectivity index is 3.62. The molecule has 0 aromatic carbocycles. The maximum absolute atomic E-state index is 12.5. The highest BCUT2D eigenvalue weighted by Gasteiger charge is 2.26. The molecule has 0 fully saturated rings. The van der Waals surface area contributed by atoms with E-state index < -0.39 is 26.1 Å². The van der Waals surface area contributed by atoms with E-state index in [1.54, 1.807) is 22.6 Å². The first-order chi connectivity index (χ1) is 6.73. The van der Waals surface area contributed by atoms with Gasteiger partial charge in [-0.05, 0) is 28.7 Å². The van der Waals surface area contributed by atoms with Gasteiger partial charge in [0.15, 0.2) is 0 Å². The minimum Gasteiger partial charge on any atom is -0.384 e. The molecule has 0 spiro atoms. The van der Waals surface area contributed by atoms with Crippen molar-refractivity contribution in [1.82, 2.24) is 4.98 Å². The van der Waals surface area contributed by atoms with Crippen LogP contribution in [0.2, 0.25) is 0 Å². The molecule has 1 aromatic heterocycles. The molecule has 0 amide bonds. The summed E-state index contributed by atoms with van der Waals surface area (Å²) in [4.78, 5) is 2.57. The second-order valence-corrected chi connectivity index (χ2v) is 6.15. The molecule has 4 nitrogen and oxygen atoms in total. The highest BCUT2D eigenvalue weighted by molar-refractivity contribution is 14.1. The van der Waals surface area contributed by atoms with Gasteiger partial charge < -0.3 is 5.73 Å². The number of halogens is 4. The Morgan fingerprint density at radius 2 is 2.07 bits per heavy atom. The predicted octanol–water partition coefficient (Wildman–Crippen LogP) is 2.13. The summed E-state index contributed by atoms with van der Waals surface area (Å²) in [6.45, 7) is 0. The van der Waals surface area contributed by atoms with Gasteiger partial charge >= 0.3 is 0 Å². The van der Waals surface area contributed by atoms with Crippen LogP contribution in [-0.4, -0.2) is 13.4 Å². The van der Waals surface area contributed by atoms with Crippen molar-refractivity contribution < 1.29 is 17.2 Å². The summed E-state index contributed by atoms with van der Waals surface area (Å²) in [5.41, 5.74) is 4.30. The van der Waals surface area contributed by atoms with Crippen LogP contribution in [0, 0.1) is 3.57 Å². The molecule has 0 atom stereocenters. The van der Waals surface area contributed by atoms with Crippen LogP contribution in [0.3, 0.4) is 0 Å². The maximum atomic E-state index is 12.5. The minimum absolute atomic E-state index is 0.0189. The summed E-state index contributed by atoms with van der Waals surface area (Å²) < 4.78 is 47.0. The lowest BCUT2D eigenvalue weighted by molar-refractivity contribution is 0.142. The normalized spacial score (nSPS) is 12.1. The van der Waals surface area contributed by atoms with Gasteiger partial charge in [0, 0.05) is 14.3 Å². The molecular formula is C6H4ClF2IN2O2S. The van der Waals surface area contributed by atoms with Gasteiger partial charge in [-0.15, -0.1) is 0 Å². The van der Waals surface area contributed by atoms with Gasteiger partial charge in [0.25, 0.3) is 15.5 Å². The van der Waals surface area contributed by atoms with Gasteiger partial charge in [-0.1, -0.05) is 0 Å². The van der Waals surface area contributed by atoms with E-state index in [1.165, 1.54) is 0 Å². The summed E-state index contributed by atoms with van der Waals surface area (Å²) in [6, 6.07) is 1.15. The number of nitrogens with zero attached hydrogens (tertiary/aromatic N) is 1. The van der Waals surface area contributed by atoms with Crippen LogP contribution in [0.25, 0.3) is 0 Å². The lowest BCUT2D eigenvalue weighted by Gasteiger charge is -2.08. The van der Waals surface area contributed by atoms with Crippen molar-refractivity contribution in [2.24, 2.45) is 0 Å². The van der Waals surface area contributed by atoms with E-state index in [4.69, 9.17) is 16.4 Å². The molecule has 9 heteroatoms. The standard InChI is InChI=1S/C6H4ClF2IN2O2S/c7-15(13,14)5-2(10)1-3(11)12-4(5)6(8)9/h1,6H,(H2,11,12). The Morgan fingerprint density at radius 3 is 2.47 bits per heavy atom. The van der Waals surface area contributed by atoms with Crippen LogP contribution in [0.5, 0.6) is 0 Å². The van der Waals surface area contributed by atoms with Crippen LogP contribution in [0.15, 0.2) is 11.0 Å². The van der Waals surface area contributed by atoms with E-state index in [2.05, 4.69) is 4.98 Å². The third-order valence-electron chi connectivity index (χ3n) is 1.42. The zero-order valence-corrected chi connectivity index (χ0v) is 10.6. The summed E-state index contributed by atoms with van der Waals surface area (Å²) in [5.74, 6) is -0.182. The first-order valence-corrected chi connectivity index (χ1v) is 6.81. The number of alkyl halides is 2. The van der Waals surface area contributed by atoms with E-state index >= 15 is 0 Å². The zero-order chi connectivity index (χ0) is 11.8. The third kappa shape index (κ3) is 2.88. The van der Waals surface area contributed by atoms with Crippen molar-refractivity contribution in [2.45, 2.75) is 11.3 Å². The van der Waals surface area contributed by atoms with Crippen LogP contribution >= 0.6 is 33.3 Å². The minimum atomic E-state index is -4.26. The van der Waals surface area contributed by atoms with Gasteiger partial charge in [-0.25, -0.2) is 22.2 Å². The summed E-state index contributed by atoms with van der Waals surface area (Å²) in [5, 5.41) is 0. The molecule has 2 N–H and O–H groups in total. The molecule has 0 unspecified atom stereocenters. The molecule has 15 heavy (non-hydrogen) atoms. The van der Waals surface area contributed by atoms with E-state index in [0.29, 0.717) is 0 Å². The maximum Gasteiger partial charge on any atom is 0.281 e. The number of aromatic nitrogens is 1. The fourth-order valence-corrected chi connectivity index (χ4v) is 3.95. The van der Waals surface area contributed by atoms with E-state index in [1.807, 2.05) is 0 Å². The molecule has 0 saturated heterocycles. The summed E-state index contributed by atoms with van der Waals surface area (Å²) in [7, 11) is 0.759. The van der Waals surface area contributed by atoms with E-state index in [9.17, 15) is 17.2 Å². The lowest BCUT2D eigenvalue weighted by Crippen LogP contribution is -2.07. The number of hydrogen-bond acceptors (Lipinski definition) is 4. The van der Waals surface area contributed by atoms with Crippen LogP contribution in [0.1, 0.15) is 12.1 Å². The Labute approximate surface area is 102 Å². The topological polar surface area (TPSA) is 73.1 Å². The largest absolute Gasteiger partial charge is 0.384 e. The van der Waals surface area contributed by atoms with Crippen molar-refractivity contribution in [3.05, 3.63) is 15.3 Å². The molecule has 0 bridgehead atoms.